The molecule has 1 amide bonds. The molecule has 92 valence electrons. The Labute approximate surface area is 103 Å². The van der Waals surface area contributed by atoms with Gasteiger partial charge >= 0.3 is 0 Å². The zero-order chi connectivity index (χ0) is 12.3. The Morgan fingerprint density at radius 1 is 1.47 bits per heavy atom. The average molecular weight is 253 g/mol. The number of aromatic nitrogens is 2. The van der Waals surface area contributed by atoms with Crippen LogP contribution in [0.2, 0.25) is 0 Å². The van der Waals surface area contributed by atoms with Crippen LogP contribution in [0.5, 0.6) is 0 Å². The Kier molecular flexibility index (Phi) is 3.83. The van der Waals surface area contributed by atoms with Crippen molar-refractivity contribution in [2.24, 2.45) is 0 Å². The molecule has 0 aliphatic heterocycles. The van der Waals surface area contributed by atoms with Gasteiger partial charge in [-0.2, -0.15) is 0 Å². The van der Waals surface area contributed by atoms with Gasteiger partial charge in [-0.25, -0.2) is 4.98 Å². The summed E-state index contributed by atoms with van der Waals surface area (Å²) in [7, 11) is 1.59. The van der Waals surface area contributed by atoms with Gasteiger partial charge in [-0.15, -0.1) is 0 Å². The van der Waals surface area contributed by atoms with Crippen LogP contribution in [-0.4, -0.2) is 28.7 Å². The molecule has 0 unspecified atom stereocenters. The molecule has 0 aromatic carbocycles. The van der Waals surface area contributed by atoms with Gasteiger partial charge in [0, 0.05) is 12.6 Å². The van der Waals surface area contributed by atoms with E-state index < -0.39 is 0 Å². The van der Waals surface area contributed by atoms with E-state index in [-0.39, 0.29) is 17.2 Å². The van der Waals surface area contributed by atoms with Crippen LogP contribution in [0.25, 0.3) is 0 Å². The van der Waals surface area contributed by atoms with Crippen molar-refractivity contribution in [1.82, 2.24) is 15.3 Å². The van der Waals surface area contributed by atoms with Gasteiger partial charge in [-0.3, -0.25) is 9.59 Å². The van der Waals surface area contributed by atoms with Crippen molar-refractivity contribution >= 4 is 17.7 Å². The predicted octanol–water partition coefficient (Wildman–Crippen LogP) is 0.487. The first kappa shape index (κ1) is 12.2. The number of fused-ring (bicyclic) bond motifs is 1. The zero-order valence-electron chi connectivity index (χ0n) is 9.71. The van der Waals surface area contributed by atoms with Gasteiger partial charge in [0.2, 0.25) is 5.91 Å². The summed E-state index contributed by atoms with van der Waals surface area (Å²) < 4.78 is 0. The Morgan fingerprint density at radius 2 is 2.24 bits per heavy atom. The Morgan fingerprint density at radius 3 is 3.00 bits per heavy atom. The summed E-state index contributed by atoms with van der Waals surface area (Å²) >= 11 is 1.26. The van der Waals surface area contributed by atoms with Crippen LogP contribution in [-0.2, 0) is 17.6 Å². The Bertz CT molecular complexity index is 484. The van der Waals surface area contributed by atoms with Crippen LogP contribution < -0.4 is 10.9 Å². The first-order valence-corrected chi connectivity index (χ1v) is 6.64. The molecule has 17 heavy (non-hydrogen) atoms. The largest absolute Gasteiger partial charge is 0.358 e. The molecule has 0 spiro atoms. The minimum absolute atomic E-state index is 0.0471. The molecule has 0 atom stereocenters. The maximum absolute atomic E-state index is 11.8. The summed E-state index contributed by atoms with van der Waals surface area (Å²) in [6.07, 6.45) is 3.83. The highest BCUT2D eigenvalue weighted by Gasteiger charge is 2.15. The minimum Gasteiger partial charge on any atom is -0.358 e. The van der Waals surface area contributed by atoms with Crippen LogP contribution in [0.15, 0.2) is 9.95 Å². The molecule has 5 nitrogen and oxygen atoms in total. The number of aryl methyl sites for hydroxylation is 1. The molecule has 1 aliphatic carbocycles. The number of aromatic amines is 1. The van der Waals surface area contributed by atoms with Gasteiger partial charge in [0.15, 0.2) is 5.16 Å². The first-order valence-electron chi connectivity index (χ1n) is 5.66. The van der Waals surface area contributed by atoms with Crippen molar-refractivity contribution < 1.29 is 4.79 Å². The van der Waals surface area contributed by atoms with Crippen molar-refractivity contribution in [3.05, 3.63) is 21.6 Å². The van der Waals surface area contributed by atoms with E-state index >= 15 is 0 Å². The van der Waals surface area contributed by atoms with Crippen molar-refractivity contribution in [3.63, 3.8) is 0 Å². The number of carbonyl (C=O) groups excluding carboxylic acids is 1. The van der Waals surface area contributed by atoms with Crippen LogP contribution in [0.4, 0.5) is 0 Å². The van der Waals surface area contributed by atoms with E-state index in [0.29, 0.717) is 5.16 Å². The molecule has 1 aromatic heterocycles. The van der Waals surface area contributed by atoms with Crippen molar-refractivity contribution in [3.8, 4) is 0 Å². The summed E-state index contributed by atoms with van der Waals surface area (Å²) in [4.78, 5) is 30.0. The molecule has 1 aliphatic rings. The third-order valence-electron chi connectivity index (χ3n) is 2.79. The maximum Gasteiger partial charge on any atom is 0.254 e. The lowest BCUT2D eigenvalue weighted by molar-refractivity contribution is -0.118. The number of thioether (sulfide) groups is 1. The van der Waals surface area contributed by atoms with Gasteiger partial charge in [0.25, 0.3) is 5.56 Å². The fourth-order valence-corrected chi connectivity index (χ4v) is 2.61. The van der Waals surface area contributed by atoms with E-state index in [4.69, 9.17) is 0 Å². The lowest BCUT2D eigenvalue weighted by atomic mass is 9.97. The monoisotopic (exact) mass is 253 g/mol. The lowest BCUT2D eigenvalue weighted by Gasteiger charge is -2.14. The van der Waals surface area contributed by atoms with Gasteiger partial charge in [0.1, 0.15) is 0 Å². The summed E-state index contributed by atoms with van der Waals surface area (Å²) in [5, 5.41) is 3.07. The molecular formula is C11H15N3O2S. The van der Waals surface area contributed by atoms with E-state index in [1.807, 2.05) is 0 Å². The second-order valence-corrected chi connectivity index (χ2v) is 4.93. The number of carbonyl (C=O) groups is 1. The standard InChI is InChI=1S/C11H15N3O2S/c1-12-9(15)6-17-11-13-8-5-3-2-4-7(8)10(16)14-11/h2-6H2,1H3,(H,12,15)(H,13,14,16). The third kappa shape index (κ3) is 2.88. The summed E-state index contributed by atoms with van der Waals surface area (Å²) in [6, 6.07) is 0. The number of nitrogens with zero attached hydrogens (tertiary/aromatic N) is 1. The number of hydrogen-bond acceptors (Lipinski definition) is 4. The number of H-pyrrole nitrogens is 1. The molecule has 0 fully saturated rings. The van der Waals surface area contributed by atoms with Crippen molar-refractivity contribution in [2.75, 3.05) is 12.8 Å². The quantitative estimate of drug-likeness (QED) is 0.607. The summed E-state index contributed by atoms with van der Waals surface area (Å²) in [6.45, 7) is 0. The van der Waals surface area contributed by atoms with Gasteiger partial charge in [0.05, 0.1) is 11.4 Å². The van der Waals surface area contributed by atoms with Crippen molar-refractivity contribution in [1.29, 1.82) is 0 Å². The SMILES string of the molecule is CNC(=O)CSc1nc2c(c(=O)[nH]1)CCCC2. The average Bonchev–Trinajstić information content (AvgIpc) is 2.36. The predicted molar refractivity (Wildman–Crippen MR) is 66.3 cm³/mol. The second kappa shape index (κ2) is 5.35. The minimum atomic E-state index is -0.0737. The van der Waals surface area contributed by atoms with E-state index in [1.165, 1.54) is 11.8 Å². The third-order valence-corrected chi connectivity index (χ3v) is 3.66. The number of nitrogens with one attached hydrogen (secondary N) is 2. The molecule has 1 heterocycles. The van der Waals surface area contributed by atoms with E-state index in [9.17, 15) is 9.59 Å². The lowest BCUT2D eigenvalue weighted by Crippen LogP contribution is -2.23. The molecule has 0 bridgehead atoms. The fraction of sp³-hybridized carbons (Fsp3) is 0.545. The summed E-state index contributed by atoms with van der Waals surface area (Å²) in [5.41, 5.74) is 1.68. The van der Waals surface area contributed by atoms with E-state index in [2.05, 4.69) is 15.3 Å². The number of hydrogen-bond donors (Lipinski definition) is 2. The highest BCUT2D eigenvalue weighted by molar-refractivity contribution is 7.99. The van der Waals surface area contributed by atoms with Crippen LogP contribution in [0, 0.1) is 0 Å². The normalized spacial score (nSPS) is 14.2. The number of amides is 1. The van der Waals surface area contributed by atoms with Crippen LogP contribution >= 0.6 is 11.8 Å². The van der Waals surface area contributed by atoms with Gasteiger partial charge < -0.3 is 10.3 Å². The maximum atomic E-state index is 11.8. The molecular weight excluding hydrogens is 238 g/mol. The van der Waals surface area contributed by atoms with Crippen molar-refractivity contribution in [2.45, 2.75) is 30.8 Å². The molecule has 0 saturated carbocycles. The highest BCUT2D eigenvalue weighted by Crippen LogP contribution is 2.18. The molecule has 1 aromatic rings. The van der Waals surface area contributed by atoms with Crippen LogP contribution in [0.3, 0.4) is 0 Å². The molecule has 0 radical (unpaired) electrons. The highest BCUT2D eigenvalue weighted by atomic mass is 32.2. The fourth-order valence-electron chi connectivity index (χ4n) is 1.85. The molecule has 2 rings (SSSR count). The smallest absolute Gasteiger partial charge is 0.254 e. The molecule has 6 heteroatoms. The second-order valence-electron chi connectivity index (χ2n) is 3.97. The topological polar surface area (TPSA) is 74.8 Å². The van der Waals surface area contributed by atoms with E-state index in [0.717, 1.165) is 36.9 Å². The summed E-state index contributed by atoms with van der Waals surface area (Å²) in [5.74, 6) is 0.202. The molecule has 0 saturated heterocycles. The van der Waals surface area contributed by atoms with Gasteiger partial charge in [-0.1, -0.05) is 11.8 Å². The zero-order valence-corrected chi connectivity index (χ0v) is 10.5. The van der Waals surface area contributed by atoms with Gasteiger partial charge in [-0.05, 0) is 25.7 Å². The first-order chi connectivity index (χ1) is 8.20. The van der Waals surface area contributed by atoms with E-state index in [1.54, 1.807) is 7.05 Å². The molecule has 2 N–H and O–H groups in total. The Balaban J connectivity index is 2.16. The Hall–Kier alpha value is -1.30. The number of rotatable bonds is 3. The van der Waals surface area contributed by atoms with Crippen LogP contribution in [0.1, 0.15) is 24.1 Å².